The van der Waals surface area contributed by atoms with Crippen LogP contribution in [-0.2, 0) is 17.8 Å². The van der Waals surface area contributed by atoms with Crippen molar-refractivity contribution in [3.05, 3.63) is 60.1 Å². The number of halogens is 3. The maximum absolute atomic E-state index is 12.3. The van der Waals surface area contributed by atoms with Crippen molar-refractivity contribution in [3.8, 4) is 17.3 Å². The number of aromatic nitrogens is 3. The van der Waals surface area contributed by atoms with E-state index in [0.717, 1.165) is 5.56 Å². The summed E-state index contributed by atoms with van der Waals surface area (Å²) in [6.07, 6.45) is -2.84. The molecular formula is C19H17F3N4O3. The number of aryl methyl sites for hydroxylation is 1. The normalized spacial score (nSPS) is 11.3. The van der Waals surface area contributed by atoms with Gasteiger partial charge in [0, 0.05) is 36.7 Å². The molecule has 0 radical (unpaired) electrons. The van der Waals surface area contributed by atoms with Gasteiger partial charge >= 0.3 is 6.18 Å². The minimum Gasteiger partial charge on any atom is -0.468 e. The SMILES string of the molecule is O=C(CCc1nc(-c2ccccc2)no1)NCc1cccnc1OCC(F)(F)F. The molecule has 0 aliphatic rings. The lowest BCUT2D eigenvalue weighted by molar-refractivity contribution is -0.154. The topological polar surface area (TPSA) is 90.1 Å². The molecule has 1 N–H and O–H groups in total. The summed E-state index contributed by atoms with van der Waals surface area (Å²) in [6, 6.07) is 12.3. The van der Waals surface area contributed by atoms with Gasteiger partial charge in [-0.3, -0.25) is 4.79 Å². The molecule has 0 fully saturated rings. The number of ether oxygens (including phenoxy) is 1. The van der Waals surface area contributed by atoms with Crippen molar-refractivity contribution in [2.45, 2.75) is 25.6 Å². The maximum atomic E-state index is 12.3. The van der Waals surface area contributed by atoms with E-state index in [1.807, 2.05) is 30.3 Å². The molecule has 0 spiro atoms. The van der Waals surface area contributed by atoms with E-state index in [2.05, 4.69) is 25.2 Å². The Hall–Kier alpha value is -3.43. The Kier molecular flexibility index (Phi) is 6.43. The third-order valence-electron chi connectivity index (χ3n) is 3.76. The van der Waals surface area contributed by atoms with Crippen molar-refractivity contribution >= 4 is 5.91 Å². The molecule has 1 aromatic carbocycles. The molecule has 3 aromatic rings. The van der Waals surface area contributed by atoms with E-state index >= 15 is 0 Å². The van der Waals surface area contributed by atoms with E-state index in [1.54, 1.807) is 6.07 Å². The van der Waals surface area contributed by atoms with E-state index in [-0.39, 0.29) is 31.2 Å². The van der Waals surface area contributed by atoms with Gasteiger partial charge in [0.1, 0.15) is 0 Å². The van der Waals surface area contributed by atoms with Gasteiger partial charge in [-0.25, -0.2) is 4.98 Å². The van der Waals surface area contributed by atoms with Gasteiger partial charge < -0.3 is 14.6 Å². The highest BCUT2D eigenvalue weighted by atomic mass is 19.4. The number of nitrogens with one attached hydrogen (secondary N) is 1. The number of carbonyl (C=O) groups excluding carboxylic acids is 1. The van der Waals surface area contributed by atoms with Crippen LogP contribution in [0.5, 0.6) is 5.88 Å². The van der Waals surface area contributed by atoms with E-state index in [1.165, 1.54) is 12.3 Å². The fourth-order valence-electron chi connectivity index (χ4n) is 2.40. The molecule has 0 saturated carbocycles. The number of amides is 1. The molecule has 0 aliphatic heterocycles. The number of hydrogen-bond donors (Lipinski definition) is 1. The number of rotatable bonds is 8. The standard InChI is InChI=1S/C19H17F3N4O3/c20-19(21,22)12-28-18-14(7-4-10-23-18)11-24-15(27)8-9-16-25-17(26-29-16)13-5-2-1-3-6-13/h1-7,10H,8-9,11-12H2,(H,24,27). The summed E-state index contributed by atoms with van der Waals surface area (Å²) in [4.78, 5) is 20.1. The molecule has 7 nitrogen and oxygen atoms in total. The highest BCUT2D eigenvalue weighted by molar-refractivity contribution is 5.76. The Balaban J connectivity index is 1.49. The quantitative estimate of drug-likeness (QED) is 0.617. The van der Waals surface area contributed by atoms with Crippen LogP contribution in [0.3, 0.4) is 0 Å². The number of benzene rings is 1. The second-order valence-corrected chi connectivity index (χ2v) is 6.03. The monoisotopic (exact) mass is 406 g/mol. The number of alkyl halides is 3. The maximum Gasteiger partial charge on any atom is 0.422 e. The Morgan fingerprint density at radius 1 is 1.14 bits per heavy atom. The first-order valence-corrected chi connectivity index (χ1v) is 8.69. The molecule has 2 aromatic heterocycles. The van der Waals surface area contributed by atoms with Crippen LogP contribution in [0.15, 0.2) is 53.2 Å². The first kappa shape index (κ1) is 20.3. The minimum atomic E-state index is -4.47. The van der Waals surface area contributed by atoms with E-state index < -0.39 is 12.8 Å². The zero-order valence-electron chi connectivity index (χ0n) is 15.1. The second kappa shape index (κ2) is 9.18. The van der Waals surface area contributed by atoms with Gasteiger partial charge in [-0.05, 0) is 6.07 Å². The van der Waals surface area contributed by atoms with E-state index in [4.69, 9.17) is 4.52 Å². The zero-order chi connectivity index (χ0) is 20.7. The van der Waals surface area contributed by atoms with Crippen molar-refractivity contribution < 1.29 is 27.2 Å². The lowest BCUT2D eigenvalue weighted by atomic mass is 10.2. The zero-order valence-corrected chi connectivity index (χ0v) is 15.1. The molecule has 0 bridgehead atoms. The fraction of sp³-hybridized carbons (Fsp3) is 0.263. The van der Waals surface area contributed by atoms with Crippen LogP contribution in [0.1, 0.15) is 17.9 Å². The van der Waals surface area contributed by atoms with Crippen LogP contribution in [0.2, 0.25) is 0 Å². The molecule has 10 heteroatoms. The van der Waals surface area contributed by atoms with Gasteiger partial charge in [0.2, 0.25) is 23.5 Å². The summed E-state index contributed by atoms with van der Waals surface area (Å²) in [5.74, 6) is 0.252. The minimum absolute atomic E-state index is 0.0149. The van der Waals surface area contributed by atoms with Gasteiger partial charge in [0.05, 0.1) is 0 Å². The van der Waals surface area contributed by atoms with E-state index in [0.29, 0.717) is 17.3 Å². The van der Waals surface area contributed by atoms with Gasteiger partial charge in [-0.1, -0.05) is 41.6 Å². The van der Waals surface area contributed by atoms with Crippen LogP contribution >= 0.6 is 0 Å². The second-order valence-electron chi connectivity index (χ2n) is 6.03. The van der Waals surface area contributed by atoms with Crippen LogP contribution < -0.4 is 10.1 Å². The van der Waals surface area contributed by atoms with Gasteiger partial charge in [0.25, 0.3) is 0 Å². The third kappa shape index (κ3) is 6.30. The first-order chi connectivity index (χ1) is 13.9. The lowest BCUT2D eigenvalue weighted by Gasteiger charge is -2.12. The Morgan fingerprint density at radius 2 is 1.93 bits per heavy atom. The summed E-state index contributed by atoms with van der Waals surface area (Å²) in [5, 5.41) is 6.49. The molecular weight excluding hydrogens is 389 g/mol. The van der Waals surface area contributed by atoms with Crippen molar-refractivity contribution in [1.82, 2.24) is 20.4 Å². The van der Waals surface area contributed by atoms with Gasteiger partial charge in [-0.15, -0.1) is 0 Å². The van der Waals surface area contributed by atoms with Crippen molar-refractivity contribution in [2.24, 2.45) is 0 Å². The summed E-state index contributed by atoms with van der Waals surface area (Å²) in [6.45, 7) is -1.47. The Morgan fingerprint density at radius 3 is 2.69 bits per heavy atom. The van der Waals surface area contributed by atoms with Crippen molar-refractivity contribution in [1.29, 1.82) is 0 Å². The number of hydrogen-bond acceptors (Lipinski definition) is 6. The number of pyridine rings is 1. The molecule has 0 atom stereocenters. The molecule has 3 rings (SSSR count). The van der Waals surface area contributed by atoms with Crippen LogP contribution in [0.25, 0.3) is 11.4 Å². The Labute approximate surface area is 163 Å². The predicted octanol–water partition coefficient (Wildman–Crippen LogP) is 3.32. The average Bonchev–Trinajstić information content (AvgIpc) is 3.19. The van der Waals surface area contributed by atoms with Gasteiger partial charge in [0.15, 0.2) is 6.61 Å². The summed E-state index contributed by atoms with van der Waals surface area (Å²) in [5.41, 5.74) is 1.14. The van der Waals surface area contributed by atoms with Crippen LogP contribution in [-0.4, -0.2) is 33.8 Å². The molecule has 0 unspecified atom stereocenters. The lowest BCUT2D eigenvalue weighted by Crippen LogP contribution is -2.24. The largest absolute Gasteiger partial charge is 0.468 e. The molecule has 1 amide bonds. The number of carbonyl (C=O) groups is 1. The van der Waals surface area contributed by atoms with Crippen molar-refractivity contribution in [2.75, 3.05) is 6.61 Å². The Bertz CT molecular complexity index is 945. The molecule has 29 heavy (non-hydrogen) atoms. The predicted molar refractivity (Wildman–Crippen MR) is 95.7 cm³/mol. The summed E-state index contributed by atoms with van der Waals surface area (Å²) in [7, 11) is 0. The molecule has 152 valence electrons. The highest BCUT2D eigenvalue weighted by Crippen LogP contribution is 2.20. The molecule has 2 heterocycles. The molecule has 0 aliphatic carbocycles. The first-order valence-electron chi connectivity index (χ1n) is 8.69. The summed E-state index contributed by atoms with van der Waals surface area (Å²) < 4.78 is 46.8. The van der Waals surface area contributed by atoms with Crippen molar-refractivity contribution in [3.63, 3.8) is 0 Å². The van der Waals surface area contributed by atoms with Crippen LogP contribution in [0, 0.1) is 0 Å². The smallest absolute Gasteiger partial charge is 0.422 e. The van der Waals surface area contributed by atoms with Gasteiger partial charge in [-0.2, -0.15) is 18.2 Å². The molecule has 0 saturated heterocycles. The third-order valence-corrected chi connectivity index (χ3v) is 3.76. The highest BCUT2D eigenvalue weighted by Gasteiger charge is 2.29. The fourth-order valence-corrected chi connectivity index (χ4v) is 2.40. The van der Waals surface area contributed by atoms with E-state index in [9.17, 15) is 18.0 Å². The number of nitrogens with zero attached hydrogens (tertiary/aromatic N) is 3. The average molecular weight is 406 g/mol. The van der Waals surface area contributed by atoms with Crippen LogP contribution in [0.4, 0.5) is 13.2 Å². The summed E-state index contributed by atoms with van der Waals surface area (Å²) >= 11 is 0.